The number of nitrogens with zero attached hydrogens (tertiary/aromatic N) is 1. The molecule has 1 N–H and O–H groups in total. The molecule has 0 spiro atoms. The summed E-state index contributed by atoms with van der Waals surface area (Å²) in [7, 11) is 2.94. The van der Waals surface area contributed by atoms with E-state index in [2.05, 4.69) is 0 Å². The molecule has 2 aromatic carbocycles. The zero-order chi connectivity index (χ0) is 20.3. The van der Waals surface area contributed by atoms with Gasteiger partial charge in [-0.3, -0.25) is 14.5 Å². The van der Waals surface area contributed by atoms with Crippen molar-refractivity contribution >= 4 is 35.0 Å². The fourth-order valence-electron chi connectivity index (χ4n) is 2.55. The first kappa shape index (κ1) is 19.5. The molecule has 0 saturated carbocycles. The number of carboxylic acids is 1. The molecule has 0 aliphatic carbocycles. The van der Waals surface area contributed by atoms with Gasteiger partial charge < -0.3 is 14.6 Å². The fourth-order valence-corrected chi connectivity index (χ4v) is 3.37. The molecule has 144 valence electrons. The number of thioether (sulfide) groups is 1. The third-order valence-corrected chi connectivity index (χ3v) is 5.00. The van der Waals surface area contributed by atoms with Gasteiger partial charge in [-0.1, -0.05) is 18.2 Å². The van der Waals surface area contributed by atoms with Gasteiger partial charge in [-0.15, -0.1) is 0 Å². The number of ether oxygens (including phenoxy) is 2. The molecule has 0 bridgehead atoms. The fraction of sp³-hybridized carbons (Fsp3) is 0.150. The lowest BCUT2D eigenvalue weighted by atomic mass is 10.1. The number of hydrogen-bond donors (Lipinski definition) is 1. The van der Waals surface area contributed by atoms with Gasteiger partial charge in [-0.2, -0.15) is 0 Å². The van der Waals surface area contributed by atoms with E-state index >= 15 is 0 Å². The number of aromatic carboxylic acids is 1. The molecule has 3 rings (SSSR count). The average Bonchev–Trinajstić information content (AvgIpc) is 2.93. The molecule has 0 atom stereocenters. The quantitative estimate of drug-likeness (QED) is 0.741. The number of imide groups is 1. The van der Waals surface area contributed by atoms with Crippen molar-refractivity contribution in [1.29, 1.82) is 0 Å². The lowest BCUT2D eigenvalue weighted by Crippen LogP contribution is -2.22. The zero-order valence-corrected chi connectivity index (χ0v) is 16.0. The SMILES string of the molecule is COc1cc(C=C2SC(=O)N(C)C2=O)ccc1OCc1cccc(C(=O)O)c1. The van der Waals surface area contributed by atoms with Crippen molar-refractivity contribution in [2.75, 3.05) is 14.2 Å². The van der Waals surface area contributed by atoms with Crippen LogP contribution in [0.4, 0.5) is 4.79 Å². The summed E-state index contributed by atoms with van der Waals surface area (Å²) >= 11 is 0.884. The maximum Gasteiger partial charge on any atom is 0.335 e. The topological polar surface area (TPSA) is 93.1 Å². The second-order valence-electron chi connectivity index (χ2n) is 5.95. The number of carboxylic acid groups (broad SMARTS) is 1. The van der Waals surface area contributed by atoms with Crippen molar-refractivity contribution in [2.24, 2.45) is 0 Å². The first-order chi connectivity index (χ1) is 13.4. The van der Waals surface area contributed by atoms with E-state index in [1.54, 1.807) is 42.5 Å². The number of likely N-dealkylation sites (N-methyl/N-ethyl adjacent to an activating group) is 1. The number of hydrogen-bond acceptors (Lipinski definition) is 6. The Balaban J connectivity index is 1.77. The summed E-state index contributed by atoms with van der Waals surface area (Å²) in [4.78, 5) is 36.1. The maximum absolute atomic E-state index is 12.0. The number of benzene rings is 2. The van der Waals surface area contributed by atoms with Crippen molar-refractivity contribution in [1.82, 2.24) is 4.90 Å². The summed E-state index contributed by atoms with van der Waals surface area (Å²) in [6.07, 6.45) is 1.62. The molecule has 1 fully saturated rings. The van der Waals surface area contributed by atoms with Crippen LogP contribution in [0.25, 0.3) is 6.08 Å². The van der Waals surface area contributed by atoms with E-state index in [0.717, 1.165) is 16.7 Å². The Bertz CT molecular complexity index is 984. The Morgan fingerprint density at radius 2 is 1.96 bits per heavy atom. The summed E-state index contributed by atoms with van der Waals surface area (Å²) < 4.78 is 11.1. The highest BCUT2D eigenvalue weighted by molar-refractivity contribution is 8.18. The van der Waals surface area contributed by atoms with Crippen LogP contribution in [0.15, 0.2) is 47.4 Å². The van der Waals surface area contributed by atoms with Gasteiger partial charge in [0.05, 0.1) is 17.6 Å². The third-order valence-electron chi connectivity index (χ3n) is 4.04. The summed E-state index contributed by atoms with van der Waals surface area (Å²) in [6.45, 7) is 0.172. The number of rotatable bonds is 6. The van der Waals surface area contributed by atoms with Crippen LogP contribution in [0, 0.1) is 0 Å². The van der Waals surface area contributed by atoms with Crippen molar-refractivity contribution in [3.63, 3.8) is 0 Å². The minimum absolute atomic E-state index is 0.172. The number of carbonyl (C=O) groups excluding carboxylic acids is 2. The van der Waals surface area contributed by atoms with E-state index in [4.69, 9.17) is 14.6 Å². The largest absolute Gasteiger partial charge is 0.493 e. The van der Waals surface area contributed by atoms with Crippen LogP contribution >= 0.6 is 11.8 Å². The molecule has 1 aliphatic heterocycles. The Hall–Kier alpha value is -3.26. The predicted octanol–water partition coefficient (Wildman–Crippen LogP) is 3.64. The van der Waals surface area contributed by atoms with Crippen LogP contribution in [0.2, 0.25) is 0 Å². The molecule has 0 radical (unpaired) electrons. The summed E-state index contributed by atoms with van der Waals surface area (Å²) in [5.41, 5.74) is 1.59. The minimum atomic E-state index is -1.000. The summed E-state index contributed by atoms with van der Waals surface area (Å²) in [5, 5.41) is 8.75. The third kappa shape index (κ3) is 4.17. The monoisotopic (exact) mass is 399 g/mol. The van der Waals surface area contributed by atoms with Gasteiger partial charge in [0.2, 0.25) is 0 Å². The zero-order valence-electron chi connectivity index (χ0n) is 15.2. The number of amides is 2. The highest BCUT2D eigenvalue weighted by Crippen LogP contribution is 2.34. The molecule has 28 heavy (non-hydrogen) atoms. The standard InChI is InChI=1S/C20H17NO6S/c1-21-18(22)17(28-20(21)25)10-12-6-7-15(16(9-12)26-2)27-11-13-4-3-5-14(8-13)19(23)24/h3-10H,11H2,1-2H3,(H,23,24). The van der Waals surface area contributed by atoms with E-state index < -0.39 is 5.97 Å². The molecule has 2 aromatic rings. The Labute approximate surface area is 165 Å². The van der Waals surface area contributed by atoms with Gasteiger partial charge in [-0.05, 0) is 53.2 Å². The average molecular weight is 399 g/mol. The Morgan fingerprint density at radius 3 is 2.61 bits per heavy atom. The van der Waals surface area contributed by atoms with Gasteiger partial charge in [0.15, 0.2) is 11.5 Å². The second kappa shape index (κ2) is 8.18. The minimum Gasteiger partial charge on any atom is -0.493 e. The first-order valence-electron chi connectivity index (χ1n) is 8.23. The normalized spacial score (nSPS) is 15.2. The van der Waals surface area contributed by atoms with Crippen LogP contribution in [0.5, 0.6) is 11.5 Å². The van der Waals surface area contributed by atoms with E-state index in [-0.39, 0.29) is 23.3 Å². The van der Waals surface area contributed by atoms with E-state index in [0.29, 0.717) is 27.5 Å². The van der Waals surface area contributed by atoms with Crippen molar-refractivity contribution in [3.05, 3.63) is 64.1 Å². The molecule has 2 amide bonds. The lowest BCUT2D eigenvalue weighted by molar-refractivity contribution is -0.121. The molecule has 0 aromatic heterocycles. The van der Waals surface area contributed by atoms with Crippen LogP contribution < -0.4 is 9.47 Å². The van der Waals surface area contributed by atoms with Crippen molar-refractivity contribution in [3.8, 4) is 11.5 Å². The molecule has 1 aliphatic rings. The van der Waals surface area contributed by atoms with Gasteiger partial charge in [0.1, 0.15) is 6.61 Å². The van der Waals surface area contributed by atoms with E-state index in [1.165, 1.54) is 20.2 Å². The van der Waals surface area contributed by atoms with Crippen molar-refractivity contribution < 1.29 is 29.0 Å². The molecular formula is C20H17NO6S. The lowest BCUT2D eigenvalue weighted by Gasteiger charge is -2.12. The smallest absolute Gasteiger partial charge is 0.335 e. The maximum atomic E-state index is 12.0. The first-order valence-corrected chi connectivity index (χ1v) is 9.05. The van der Waals surface area contributed by atoms with Crippen LogP contribution in [0.1, 0.15) is 21.5 Å². The molecule has 0 unspecified atom stereocenters. The molecule has 7 nitrogen and oxygen atoms in total. The molecule has 1 heterocycles. The van der Waals surface area contributed by atoms with Crippen molar-refractivity contribution in [2.45, 2.75) is 6.61 Å². The molecule has 1 saturated heterocycles. The molecular weight excluding hydrogens is 382 g/mol. The van der Waals surface area contributed by atoms with E-state index in [9.17, 15) is 14.4 Å². The van der Waals surface area contributed by atoms with Gasteiger partial charge >= 0.3 is 5.97 Å². The van der Waals surface area contributed by atoms with Crippen LogP contribution in [0.3, 0.4) is 0 Å². The van der Waals surface area contributed by atoms with Gasteiger partial charge in [0, 0.05) is 7.05 Å². The Morgan fingerprint density at radius 1 is 1.18 bits per heavy atom. The summed E-state index contributed by atoms with van der Waals surface area (Å²) in [6, 6.07) is 11.6. The van der Waals surface area contributed by atoms with E-state index in [1.807, 2.05) is 0 Å². The van der Waals surface area contributed by atoms with Crippen LogP contribution in [-0.2, 0) is 11.4 Å². The number of methoxy groups -OCH3 is 1. The highest BCUT2D eigenvalue weighted by atomic mass is 32.2. The van der Waals surface area contributed by atoms with Gasteiger partial charge in [0.25, 0.3) is 11.1 Å². The highest BCUT2D eigenvalue weighted by Gasteiger charge is 2.31. The summed E-state index contributed by atoms with van der Waals surface area (Å²) in [5.74, 6) is -0.407. The van der Waals surface area contributed by atoms with Gasteiger partial charge in [-0.25, -0.2) is 4.79 Å². The second-order valence-corrected chi connectivity index (χ2v) is 6.94. The van der Waals surface area contributed by atoms with Crippen LogP contribution in [-0.4, -0.2) is 41.3 Å². The predicted molar refractivity (Wildman–Crippen MR) is 104 cm³/mol. The number of carbonyl (C=O) groups is 3. The molecule has 8 heteroatoms. The Kier molecular flexibility index (Phi) is 5.70.